The van der Waals surface area contributed by atoms with Gasteiger partial charge < -0.3 is 26.6 Å². The number of aryl methyl sites for hydroxylation is 2. The van der Waals surface area contributed by atoms with Gasteiger partial charge in [0.1, 0.15) is 11.9 Å². The average Bonchev–Trinajstić information content (AvgIpc) is 3.40. The minimum Gasteiger partial charge on any atom is -0.387 e. The predicted octanol–water partition coefficient (Wildman–Crippen LogP) is 1.61. The maximum Gasteiger partial charge on any atom is 0.251 e. The van der Waals surface area contributed by atoms with E-state index in [-0.39, 0.29) is 36.1 Å². The van der Waals surface area contributed by atoms with Gasteiger partial charge in [0.25, 0.3) is 11.8 Å². The normalized spacial score (nSPS) is 17.9. The van der Waals surface area contributed by atoms with Crippen LogP contribution in [0.4, 0.5) is 0 Å². The number of hydrogen-bond acceptors (Lipinski definition) is 6. The van der Waals surface area contributed by atoms with Crippen LogP contribution in [-0.2, 0) is 23.1 Å². The number of fused-ring (bicyclic) bond motifs is 2. The van der Waals surface area contributed by atoms with E-state index in [9.17, 15) is 19.6 Å². The number of nitrogens with two attached hydrogens (primary N) is 1. The van der Waals surface area contributed by atoms with Crippen molar-refractivity contribution < 1.29 is 14.4 Å². The monoisotopic (exact) mass is 543 g/mol. The van der Waals surface area contributed by atoms with Gasteiger partial charge >= 0.3 is 0 Å². The standard InChI is InChI=1S/C30H37N7O3/c1-18(36-17-26(38)37-12-4-5-23(37)16-31)15-30(29(32)33)24-10-8-21(27(39)34-2)13-19(24)6-7-20-14-22(28(40)35-3)9-11-25(20)30/h8-11,13-14,18,23,36H,4-7,12,15,17H2,1-3H3,(H3,32,33)(H,34,39)(H,35,40)/t18-,23-/m0/s1. The van der Waals surface area contributed by atoms with E-state index in [0.29, 0.717) is 43.4 Å². The Balaban J connectivity index is 1.75. The Bertz CT molecular complexity index is 1310. The van der Waals surface area contributed by atoms with Crippen molar-refractivity contribution in [1.82, 2.24) is 20.9 Å². The number of benzene rings is 2. The Labute approximate surface area is 234 Å². The van der Waals surface area contributed by atoms with Crippen LogP contribution in [0.15, 0.2) is 36.4 Å². The number of carbonyl (C=O) groups excluding carboxylic acids is 3. The smallest absolute Gasteiger partial charge is 0.251 e. The van der Waals surface area contributed by atoms with Gasteiger partial charge in [-0.25, -0.2) is 0 Å². The van der Waals surface area contributed by atoms with Gasteiger partial charge in [-0.05, 0) is 85.5 Å². The highest BCUT2D eigenvalue weighted by Gasteiger charge is 2.44. The molecular weight excluding hydrogens is 506 g/mol. The first kappa shape index (κ1) is 28.8. The Kier molecular flexibility index (Phi) is 8.55. The number of amides is 3. The number of amidine groups is 1. The summed E-state index contributed by atoms with van der Waals surface area (Å²) >= 11 is 0. The number of rotatable bonds is 8. The molecule has 2 aromatic carbocycles. The van der Waals surface area contributed by atoms with E-state index in [0.717, 1.165) is 28.7 Å². The van der Waals surface area contributed by atoms with Gasteiger partial charge in [0.05, 0.1) is 18.0 Å². The number of likely N-dealkylation sites (tertiary alicyclic amines) is 1. The minimum absolute atomic E-state index is 0.0543. The molecule has 1 fully saturated rings. The fraction of sp³-hybridized carbons (Fsp3) is 0.433. The molecular formula is C30H37N7O3. The van der Waals surface area contributed by atoms with Gasteiger partial charge in [-0.1, -0.05) is 12.1 Å². The summed E-state index contributed by atoms with van der Waals surface area (Å²) in [6, 6.07) is 12.5. The first-order chi connectivity index (χ1) is 19.2. The number of nitriles is 1. The third-order valence-electron chi connectivity index (χ3n) is 8.17. The molecule has 1 aliphatic carbocycles. The van der Waals surface area contributed by atoms with Crippen molar-refractivity contribution in [3.63, 3.8) is 0 Å². The molecule has 10 nitrogen and oxygen atoms in total. The summed E-state index contributed by atoms with van der Waals surface area (Å²) in [4.78, 5) is 39.4. The zero-order valence-electron chi connectivity index (χ0n) is 23.3. The number of hydrogen-bond donors (Lipinski definition) is 5. The maximum atomic E-state index is 12.9. The number of nitrogens with zero attached hydrogens (tertiary/aromatic N) is 2. The van der Waals surface area contributed by atoms with E-state index in [4.69, 9.17) is 11.1 Å². The summed E-state index contributed by atoms with van der Waals surface area (Å²) in [5.74, 6) is -0.585. The SMILES string of the molecule is CNC(=O)c1ccc2c(c1)CCc1cc(C(=O)NC)ccc1C2(C[C@H](C)NCC(=O)N1CCC[C@H]1C#N)C(=N)N. The van der Waals surface area contributed by atoms with Gasteiger partial charge in [-0.15, -0.1) is 0 Å². The highest BCUT2D eigenvalue weighted by atomic mass is 16.2. The zero-order chi connectivity index (χ0) is 29.0. The second kappa shape index (κ2) is 11.9. The molecule has 4 rings (SSSR count). The summed E-state index contributed by atoms with van der Waals surface area (Å²) in [6.07, 6.45) is 3.08. The van der Waals surface area contributed by atoms with E-state index in [2.05, 4.69) is 22.0 Å². The van der Waals surface area contributed by atoms with E-state index in [1.807, 2.05) is 31.2 Å². The van der Waals surface area contributed by atoms with Crippen molar-refractivity contribution in [1.29, 1.82) is 10.7 Å². The first-order valence-corrected chi connectivity index (χ1v) is 13.6. The molecule has 1 saturated heterocycles. The van der Waals surface area contributed by atoms with Crippen LogP contribution in [0, 0.1) is 16.7 Å². The van der Waals surface area contributed by atoms with Gasteiger partial charge in [-0.3, -0.25) is 19.8 Å². The van der Waals surface area contributed by atoms with Crippen LogP contribution in [0.3, 0.4) is 0 Å². The predicted molar refractivity (Wildman–Crippen MR) is 152 cm³/mol. The highest BCUT2D eigenvalue weighted by molar-refractivity contribution is 5.98. The summed E-state index contributed by atoms with van der Waals surface area (Å²) in [7, 11) is 3.17. The molecule has 0 radical (unpaired) electrons. The van der Waals surface area contributed by atoms with Gasteiger partial charge in [0, 0.05) is 37.8 Å². The van der Waals surface area contributed by atoms with Crippen molar-refractivity contribution in [3.05, 3.63) is 69.8 Å². The number of nitrogens with one attached hydrogen (secondary N) is 4. The van der Waals surface area contributed by atoms with Crippen molar-refractivity contribution in [2.75, 3.05) is 27.2 Å². The summed E-state index contributed by atoms with van der Waals surface area (Å²) in [5.41, 5.74) is 9.95. The molecule has 0 saturated carbocycles. The van der Waals surface area contributed by atoms with Crippen LogP contribution in [0.2, 0.25) is 0 Å². The molecule has 0 aromatic heterocycles. The molecule has 1 aliphatic heterocycles. The third-order valence-corrected chi connectivity index (χ3v) is 8.17. The molecule has 0 unspecified atom stereocenters. The topological polar surface area (TPSA) is 164 Å². The molecule has 2 aromatic rings. The van der Waals surface area contributed by atoms with Crippen LogP contribution in [0.25, 0.3) is 0 Å². The molecule has 2 atom stereocenters. The average molecular weight is 544 g/mol. The summed E-state index contributed by atoms with van der Waals surface area (Å²) in [6.45, 7) is 2.59. The molecule has 2 aliphatic rings. The van der Waals surface area contributed by atoms with Gasteiger partial charge in [0.15, 0.2) is 0 Å². The van der Waals surface area contributed by atoms with Crippen molar-refractivity contribution >= 4 is 23.6 Å². The maximum absolute atomic E-state index is 12.9. The molecule has 1 heterocycles. The molecule has 40 heavy (non-hydrogen) atoms. The van der Waals surface area contributed by atoms with Crippen LogP contribution in [0.1, 0.15) is 69.2 Å². The van der Waals surface area contributed by atoms with Crippen LogP contribution in [-0.4, -0.2) is 67.7 Å². The summed E-state index contributed by atoms with van der Waals surface area (Å²) in [5, 5.41) is 26.9. The molecule has 10 heteroatoms. The Morgan fingerprint density at radius 3 is 2.10 bits per heavy atom. The van der Waals surface area contributed by atoms with Gasteiger partial charge in [0.2, 0.25) is 5.91 Å². The van der Waals surface area contributed by atoms with E-state index < -0.39 is 11.5 Å². The van der Waals surface area contributed by atoms with Crippen LogP contribution in [0.5, 0.6) is 0 Å². The lowest BCUT2D eigenvalue weighted by Gasteiger charge is -2.38. The Morgan fingerprint density at radius 2 is 1.62 bits per heavy atom. The first-order valence-electron chi connectivity index (χ1n) is 13.6. The number of carbonyl (C=O) groups is 3. The lowest BCUT2D eigenvalue weighted by molar-refractivity contribution is -0.130. The lowest BCUT2D eigenvalue weighted by Crippen LogP contribution is -2.49. The zero-order valence-corrected chi connectivity index (χ0v) is 23.3. The second-order valence-electron chi connectivity index (χ2n) is 10.6. The van der Waals surface area contributed by atoms with Crippen LogP contribution < -0.4 is 21.7 Å². The largest absolute Gasteiger partial charge is 0.387 e. The Morgan fingerprint density at radius 1 is 1.07 bits per heavy atom. The highest BCUT2D eigenvalue weighted by Crippen LogP contribution is 2.43. The fourth-order valence-electron chi connectivity index (χ4n) is 6.13. The fourth-order valence-corrected chi connectivity index (χ4v) is 6.13. The molecule has 6 N–H and O–H groups in total. The van der Waals surface area contributed by atoms with Crippen molar-refractivity contribution in [2.24, 2.45) is 5.73 Å². The van der Waals surface area contributed by atoms with Crippen LogP contribution >= 0.6 is 0 Å². The van der Waals surface area contributed by atoms with E-state index >= 15 is 0 Å². The van der Waals surface area contributed by atoms with Crippen molar-refractivity contribution in [3.8, 4) is 6.07 Å². The van der Waals surface area contributed by atoms with Gasteiger partial charge in [-0.2, -0.15) is 5.26 Å². The van der Waals surface area contributed by atoms with E-state index in [1.165, 1.54) is 0 Å². The lowest BCUT2D eigenvalue weighted by atomic mass is 9.67. The molecule has 3 amide bonds. The van der Waals surface area contributed by atoms with E-state index in [1.54, 1.807) is 31.1 Å². The summed E-state index contributed by atoms with van der Waals surface area (Å²) < 4.78 is 0. The Hall–Kier alpha value is -4.23. The van der Waals surface area contributed by atoms with Crippen molar-refractivity contribution in [2.45, 2.75) is 56.5 Å². The second-order valence-corrected chi connectivity index (χ2v) is 10.6. The minimum atomic E-state index is -1.05. The third kappa shape index (κ3) is 5.29. The quantitative estimate of drug-likeness (QED) is 0.251. The molecule has 0 bridgehead atoms. The molecule has 210 valence electrons. The molecule has 0 spiro atoms.